The van der Waals surface area contributed by atoms with E-state index in [0.717, 1.165) is 0 Å². The molecule has 30 heavy (non-hydrogen) atoms. The molecule has 0 spiro atoms. The van der Waals surface area contributed by atoms with Gasteiger partial charge >= 0.3 is 0 Å². The van der Waals surface area contributed by atoms with Gasteiger partial charge in [0.15, 0.2) is 17.7 Å². The maximum Gasteiger partial charge on any atom is 0.254 e. The number of hydrogen-bond donors (Lipinski definition) is 4. The third-order valence-electron chi connectivity index (χ3n) is 4.45. The highest BCUT2D eigenvalue weighted by atomic mass is 35.5. The molecule has 3 aromatic heterocycles. The smallest absolute Gasteiger partial charge is 0.254 e. The molecule has 3 aromatic rings. The fourth-order valence-corrected chi connectivity index (χ4v) is 3.79. The lowest BCUT2D eigenvalue weighted by atomic mass is 10.1. The number of nitrogens with two attached hydrogens (primary N) is 1. The van der Waals surface area contributed by atoms with Gasteiger partial charge in [-0.25, -0.2) is 4.98 Å². The zero-order valence-electron chi connectivity index (χ0n) is 15.3. The fraction of sp³-hybridized carbons (Fsp3) is 0.500. The summed E-state index contributed by atoms with van der Waals surface area (Å²) in [6, 6.07) is 0. The van der Waals surface area contributed by atoms with Crippen LogP contribution in [0.5, 0.6) is 0 Å². The molecule has 1 saturated heterocycles. The van der Waals surface area contributed by atoms with E-state index < -0.39 is 38.4 Å². The summed E-state index contributed by atoms with van der Waals surface area (Å²) in [5, 5.41) is 28.0. The Morgan fingerprint density at radius 2 is 2.13 bits per heavy atom. The van der Waals surface area contributed by atoms with Gasteiger partial charge in [0.05, 0.1) is 12.9 Å². The summed E-state index contributed by atoms with van der Waals surface area (Å²) in [4.78, 5) is 21.4. The highest BCUT2D eigenvalue weighted by molar-refractivity contribution is 7.38. The molecule has 4 rings (SSSR count). The molecule has 162 valence electrons. The molecule has 14 nitrogen and oxygen atoms in total. The average Bonchev–Trinajstić information content (AvgIpc) is 3.36. The van der Waals surface area contributed by atoms with E-state index in [1.54, 1.807) is 0 Å². The third-order valence-corrected chi connectivity index (χ3v) is 5.48. The Morgan fingerprint density at radius 1 is 1.37 bits per heavy atom. The number of aryl methyl sites for hydroxylation is 1. The average molecular weight is 462 g/mol. The SMILES string of the molecule is Cc1nnc(C(OC[C@H]2O[C@@H](n3cnc4c(N)nc(Cl)nc43)[C@H](O)[C@@H]2O)[PH](=O)O)o1. The van der Waals surface area contributed by atoms with Crippen LogP contribution in [0.3, 0.4) is 0 Å². The summed E-state index contributed by atoms with van der Waals surface area (Å²) >= 11 is 5.84. The van der Waals surface area contributed by atoms with E-state index in [-0.39, 0.29) is 40.7 Å². The summed E-state index contributed by atoms with van der Waals surface area (Å²) in [7, 11) is -3.26. The Hall–Kier alpha value is -2.19. The Kier molecular flexibility index (Phi) is 5.72. The summed E-state index contributed by atoms with van der Waals surface area (Å²) in [6.07, 6.45) is -3.61. The standard InChI is InChI=1S/C14H17ClN7O7P/c1-4-20-21-11(28-4)13(30(25)26)27-2-5-7(23)8(24)12(29-5)22-3-17-6-9(16)18-14(15)19-10(6)22/h3,5,7-8,12-13,23-24,30H,2H2,1H3,(H,25,26)(H2,16,18,19)/t5-,7-,8-,12-,13?/m1/s1. The first-order valence-corrected chi connectivity index (χ1v) is 10.4. The van der Waals surface area contributed by atoms with E-state index in [4.69, 9.17) is 31.2 Å². The number of anilines is 1. The van der Waals surface area contributed by atoms with Crippen LogP contribution in [0.2, 0.25) is 5.28 Å². The van der Waals surface area contributed by atoms with Crippen LogP contribution in [-0.4, -0.2) is 69.7 Å². The molecule has 0 saturated carbocycles. The first-order valence-electron chi connectivity index (χ1n) is 8.57. The highest BCUT2D eigenvalue weighted by Crippen LogP contribution is 2.39. The molecule has 6 atom stereocenters. The minimum absolute atomic E-state index is 0.0439. The van der Waals surface area contributed by atoms with E-state index in [2.05, 4.69) is 25.1 Å². The lowest BCUT2D eigenvalue weighted by Crippen LogP contribution is -2.34. The van der Waals surface area contributed by atoms with Crippen LogP contribution in [0.1, 0.15) is 23.9 Å². The molecule has 16 heteroatoms. The van der Waals surface area contributed by atoms with E-state index in [1.807, 2.05) is 0 Å². The van der Waals surface area contributed by atoms with Gasteiger partial charge in [0.25, 0.3) is 5.89 Å². The van der Waals surface area contributed by atoms with Crippen molar-refractivity contribution in [3.05, 3.63) is 23.4 Å². The molecule has 0 aromatic carbocycles. The fourth-order valence-electron chi connectivity index (χ4n) is 3.05. The monoisotopic (exact) mass is 461 g/mol. The number of fused-ring (bicyclic) bond motifs is 1. The lowest BCUT2D eigenvalue weighted by Gasteiger charge is -2.17. The molecular weight excluding hydrogens is 445 g/mol. The molecule has 1 aliphatic heterocycles. The normalized spacial score (nSPS) is 26.3. The molecule has 0 bridgehead atoms. The van der Waals surface area contributed by atoms with Crippen LogP contribution in [-0.2, 0) is 14.0 Å². The van der Waals surface area contributed by atoms with Crippen molar-refractivity contribution in [1.82, 2.24) is 29.7 Å². The maximum absolute atomic E-state index is 11.7. The van der Waals surface area contributed by atoms with Crippen molar-refractivity contribution >= 4 is 36.6 Å². The molecule has 1 fully saturated rings. The van der Waals surface area contributed by atoms with Crippen LogP contribution < -0.4 is 5.73 Å². The molecule has 0 aliphatic carbocycles. The Bertz CT molecular complexity index is 1090. The number of aliphatic hydroxyl groups is 2. The van der Waals surface area contributed by atoms with E-state index in [9.17, 15) is 19.7 Å². The molecule has 5 N–H and O–H groups in total. The summed E-state index contributed by atoms with van der Waals surface area (Å²) in [5.41, 5.74) is 6.21. The topological polar surface area (TPSA) is 205 Å². The summed E-state index contributed by atoms with van der Waals surface area (Å²) < 4.78 is 29.2. The molecule has 0 radical (unpaired) electrons. The number of aromatic nitrogens is 6. The van der Waals surface area contributed by atoms with Crippen molar-refractivity contribution in [1.29, 1.82) is 0 Å². The number of rotatable bonds is 6. The predicted molar refractivity (Wildman–Crippen MR) is 99.6 cm³/mol. The van der Waals surface area contributed by atoms with Gasteiger partial charge in [0.2, 0.25) is 25.0 Å². The van der Waals surface area contributed by atoms with Crippen LogP contribution in [0.4, 0.5) is 5.82 Å². The molecule has 0 amide bonds. The Morgan fingerprint density at radius 3 is 2.80 bits per heavy atom. The third kappa shape index (κ3) is 3.78. The second-order valence-corrected chi connectivity index (χ2v) is 8.00. The first-order chi connectivity index (χ1) is 14.3. The number of nitrogens with zero attached hydrogens (tertiary/aromatic N) is 6. The largest absolute Gasteiger partial charge is 0.422 e. The van der Waals surface area contributed by atoms with Crippen molar-refractivity contribution in [3.63, 3.8) is 0 Å². The van der Waals surface area contributed by atoms with Gasteiger partial charge in [-0.2, -0.15) is 9.97 Å². The minimum atomic E-state index is -3.26. The number of halogens is 1. The van der Waals surface area contributed by atoms with Gasteiger partial charge in [-0.1, -0.05) is 0 Å². The van der Waals surface area contributed by atoms with Crippen molar-refractivity contribution in [2.45, 2.75) is 37.3 Å². The van der Waals surface area contributed by atoms with Gasteiger partial charge in [-0.15, -0.1) is 10.2 Å². The Balaban J connectivity index is 1.53. The number of nitrogen functional groups attached to an aromatic ring is 1. The quantitative estimate of drug-likeness (QED) is 0.271. The molecule has 1 aliphatic rings. The van der Waals surface area contributed by atoms with Gasteiger partial charge in [-0.3, -0.25) is 9.13 Å². The van der Waals surface area contributed by atoms with Crippen molar-refractivity contribution < 1.29 is 33.6 Å². The maximum atomic E-state index is 11.7. The van der Waals surface area contributed by atoms with Crippen LogP contribution in [0, 0.1) is 6.92 Å². The summed E-state index contributed by atoms with van der Waals surface area (Å²) in [6.45, 7) is 1.17. The number of imidazole rings is 1. The van der Waals surface area contributed by atoms with E-state index in [0.29, 0.717) is 0 Å². The van der Waals surface area contributed by atoms with Crippen LogP contribution in [0.25, 0.3) is 11.2 Å². The zero-order chi connectivity index (χ0) is 21.6. The zero-order valence-corrected chi connectivity index (χ0v) is 17.0. The molecule has 4 heterocycles. The van der Waals surface area contributed by atoms with Gasteiger partial charge in [0, 0.05) is 6.92 Å². The van der Waals surface area contributed by atoms with Crippen LogP contribution >= 0.6 is 19.6 Å². The van der Waals surface area contributed by atoms with Gasteiger partial charge in [-0.05, 0) is 11.6 Å². The number of aliphatic hydroxyl groups excluding tert-OH is 2. The van der Waals surface area contributed by atoms with E-state index in [1.165, 1.54) is 17.8 Å². The first kappa shape index (κ1) is 21.1. The van der Waals surface area contributed by atoms with E-state index >= 15 is 0 Å². The predicted octanol–water partition coefficient (Wildman–Crippen LogP) is -0.445. The van der Waals surface area contributed by atoms with Gasteiger partial charge < -0.3 is 34.7 Å². The van der Waals surface area contributed by atoms with Crippen molar-refractivity contribution in [3.8, 4) is 0 Å². The molecular formula is C14H17ClN7O7P. The van der Waals surface area contributed by atoms with Crippen LogP contribution in [0.15, 0.2) is 10.7 Å². The summed E-state index contributed by atoms with van der Waals surface area (Å²) in [5.74, 6) is -1.32. The number of hydrogen-bond acceptors (Lipinski definition) is 12. The minimum Gasteiger partial charge on any atom is -0.422 e. The highest BCUT2D eigenvalue weighted by Gasteiger charge is 2.45. The lowest BCUT2D eigenvalue weighted by molar-refractivity contribution is -0.0736. The number of ether oxygens (including phenoxy) is 2. The second kappa shape index (κ2) is 8.15. The van der Waals surface area contributed by atoms with Gasteiger partial charge in [0.1, 0.15) is 23.8 Å². The Labute approximate surface area is 173 Å². The molecule has 2 unspecified atom stereocenters. The second-order valence-electron chi connectivity index (χ2n) is 6.46. The van der Waals surface area contributed by atoms with Crippen molar-refractivity contribution in [2.24, 2.45) is 0 Å². The van der Waals surface area contributed by atoms with Crippen molar-refractivity contribution in [2.75, 3.05) is 12.3 Å².